The Morgan fingerprint density at radius 3 is 2.24 bits per heavy atom. The van der Waals surface area contributed by atoms with Crippen LogP contribution < -0.4 is 4.74 Å². The standard InChI is InChI=1S/C21H23NO3/c1-5-15-6-13-20(25-4)18(14-15)11-12-19(23)16-7-9-17(10-8-16)21(24)22(2)3/h6-14H,5H2,1-4H3. The maximum absolute atomic E-state index is 12.4. The summed E-state index contributed by atoms with van der Waals surface area (Å²) < 4.78 is 5.34. The average Bonchev–Trinajstić information content (AvgIpc) is 2.65. The molecule has 0 spiro atoms. The maximum Gasteiger partial charge on any atom is 0.253 e. The van der Waals surface area contributed by atoms with Crippen molar-refractivity contribution in [2.45, 2.75) is 13.3 Å². The first-order valence-corrected chi connectivity index (χ1v) is 8.17. The lowest BCUT2D eigenvalue weighted by Gasteiger charge is -2.10. The van der Waals surface area contributed by atoms with E-state index in [4.69, 9.17) is 4.74 Å². The van der Waals surface area contributed by atoms with Crippen molar-refractivity contribution in [2.75, 3.05) is 21.2 Å². The Kier molecular flexibility index (Phi) is 6.12. The van der Waals surface area contributed by atoms with Crippen molar-refractivity contribution in [1.29, 1.82) is 0 Å². The molecule has 0 aromatic heterocycles. The minimum absolute atomic E-state index is 0.0874. The van der Waals surface area contributed by atoms with Crippen molar-refractivity contribution < 1.29 is 14.3 Å². The largest absolute Gasteiger partial charge is 0.496 e. The molecule has 0 saturated heterocycles. The maximum atomic E-state index is 12.4. The van der Waals surface area contributed by atoms with E-state index in [1.807, 2.05) is 18.2 Å². The smallest absolute Gasteiger partial charge is 0.253 e. The third-order valence-electron chi connectivity index (χ3n) is 3.94. The van der Waals surface area contributed by atoms with E-state index in [9.17, 15) is 9.59 Å². The zero-order valence-electron chi connectivity index (χ0n) is 15.1. The molecule has 4 nitrogen and oxygen atoms in total. The summed E-state index contributed by atoms with van der Waals surface area (Å²) in [4.78, 5) is 25.7. The molecule has 2 rings (SSSR count). The van der Waals surface area contributed by atoms with Crippen LogP contribution in [0, 0.1) is 0 Å². The molecular weight excluding hydrogens is 314 g/mol. The lowest BCUT2D eigenvalue weighted by molar-refractivity contribution is 0.0827. The van der Waals surface area contributed by atoms with E-state index < -0.39 is 0 Å². The van der Waals surface area contributed by atoms with Gasteiger partial charge in [-0.2, -0.15) is 0 Å². The van der Waals surface area contributed by atoms with E-state index >= 15 is 0 Å². The third-order valence-corrected chi connectivity index (χ3v) is 3.94. The predicted molar refractivity (Wildman–Crippen MR) is 100 cm³/mol. The minimum atomic E-state index is -0.118. The number of aryl methyl sites for hydroxylation is 1. The highest BCUT2D eigenvalue weighted by Gasteiger charge is 2.09. The Morgan fingerprint density at radius 2 is 1.68 bits per heavy atom. The van der Waals surface area contributed by atoms with Crippen LogP contribution in [0.4, 0.5) is 0 Å². The number of hydrogen-bond acceptors (Lipinski definition) is 3. The van der Waals surface area contributed by atoms with Crippen molar-refractivity contribution in [3.05, 3.63) is 70.8 Å². The number of amides is 1. The van der Waals surface area contributed by atoms with Crippen LogP contribution >= 0.6 is 0 Å². The summed E-state index contributed by atoms with van der Waals surface area (Å²) in [5.41, 5.74) is 3.15. The van der Waals surface area contributed by atoms with Gasteiger partial charge in [-0.25, -0.2) is 0 Å². The number of allylic oxidation sites excluding steroid dienone is 1. The monoisotopic (exact) mass is 337 g/mol. The summed E-state index contributed by atoms with van der Waals surface area (Å²) in [5, 5.41) is 0. The van der Waals surface area contributed by atoms with Gasteiger partial charge in [-0.15, -0.1) is 0 Å². The van der Waals surface area contributed by atoms with Gasteiger partial charge < -0.3 is 9.64 Å². The number of ether oxygens (including phenoxy) is 1. The number of carbonyl (C=O) groups excluding carboxylic acids is 2. The Morgan fingerprint density at radius 1 is 1.04 bits per heavy atom. The molecule has 4 heteroatoms. The lowest BCUT2D eigenvalue weighted by Crippen LogP contribution is -2.21. The molecule has 0 bridgehead atoms. The van der Waals surface area contributed by atoms with Gasteiger partial charge in [0.25, 0.3) is 5.91 Å². The van der Waals surface area contributed by atoms with Gasteiger partial charge in [0.05, 0.1) is 7.11 Å². The van der Waals surface area contributed by atoms with Gasteiger partial charge in [0.15, 0.2) is 5.78 Å². The van der Waals surface area contributed by atoms with Crippen LogP contribution in [0.3, 0.4) is 0 Å². The summed E-state index contributed by atoms with van der Waals surface area (Å²) in [6.07, 6.45) is 4.21. The quantitative estimate of drug-likeness (QED) is 0.594. The highest BCUT2D eigenvalue weighted by atomic mass is 16.5. The van der Waals surface area contributed by atoms with Crippen molar-refractivity contribution >= 4 is 17.8 Å². The van der Waals surface area contributed by atoms with E-state index in [0.29, 0.717) is 11.1 Å². The number of rotatable bonds is 6. The molecule has 0 aliphatic carbocycles. The molecule has 0 aliphatic rings. The van der Waals surface area contributed by atoms with Gasteiger partial charge in [-0.05, 0) is 48.4 Å². The number of methoxy groups -OCH3 is 1. The van der Waals surface area contributed by atoms with Crippen LogP contribution in [-0.2, 0) is 6.42 Å². The molecule has 0 aliphatic heterocycles. The molecular formula is C21H23NO3. The van der Waals surface area contributed by atoms with E-state index in [0.717, 1.165) is 17.7 Å². The van der Waals surface area contributed by atoms with Gasteiger partial charge in [0, 0.05) is 30.8 Å². The van der Waals surface area contributed by atoms with Gasteiger partial charge in [0.2, 0.25) is 0 Å². The second kappa shape index (κ2) is 8.29. The first-order chi connectivity index (χ1) is 12.0. The molecule has 1 amide bonds. The third kappa shape index (κ3) is 4.57. The zero-order chi connectivity index (χ0) is 18.4. The first-order valence-electron chi connectivity index (χ1n) is 8.17. The molecule has 0 radical (unpaired) electrons. The number of carbonyl (C=O) groups is 2. The van der Waals surface area contributed by atoms with Crippen molar-refractivity contribution in [1.82, 2.24) is 4.90 Å². The summed E-state index contributed by atoms with van der Waals surface area (Å²) >= 11 is 0. The molecule has 0 heterocycles. The van der Waals surface area contributed by atoms with Crippen LogP contribution in [0.2, 0.25) is 0 Å². The molecule has 0 N–H and O–H groups in total. The summed E-state index contributed by atoms with van der Waals surface area (Å²) in [7, 11) is 5.00. The van der Waals surface area contributed by atoms with Crippen molar-refractivity contribution in [3.63, 3.8) is 0 Å². The van der Waals surface area contributed by atoms with Gasteiger partial charge in [-0.3, -0.25) is 9.59 Å². The van der Waals surface area contributed by atoms with Gasteiger partial charge in [0.1, 0.15) is 5.75 Å². The normalized spacial score (nSPS) is 10.7. The first kappa shape index (κ1) is 18.5. The molecule has 0 fully saturated rings. The summed E-state index contributed by atoms with van der Waals surface area (Å²) in [6, 6.07) is 12.6. The van der Waals surface area contributed by atoms with Crippen LogP contribution in [0.5, 0.6) is 5.75 Å². The Labute approximate surface area is 148 Å². The SMILES string of the molecule is CCc1ccc(OC)c(C=CC(=O)c2ccc(C(=O)N(C)C)cc2)c1. The van der Waals surface area contributed by atoms with E-state index in [-0.39, 0.29) is 11.7 Å². The average molecular weight is 337 g/mol. The van der Waals surface area contributed by atoms with Crippen LogP contribution in [0.25, 0.3) is 6.08 Å². The van der Waals surface area contributed by atoms with E-state index in [1.54, 1.807) is 51.5 Å². The van der Waals surface area contributed by atoms with Crippen LogP contribution in [0.15, 0.2) is 48.5 Å². The molecule has 2 aromatic rings. The molecule has 0 saturated carbocycles. The highest BCUT2D eigenvalue weighted by Crippen LogP contribution is 2.22. The molecule has 130 valence electrons. The fraction of sp³-hybridized carbons (Fsp3) is 0.238. The number of nitrogens with zero attached hydrogens (tertiary/aromatic N) is 1. The number of hydrogen-bond donors (Lipinski definition) is 0. The van der Waals surface area contributed by atoms with Gasteiger partial charge in [-0.1, -0.05) is 25.1 Å². The summed E-state index contributed by atoms with van der Waals surface area (Å²) in [6.45, 7) is 2.08. The number of ketones is 1. The molecule has 25 heavy (non-hydrogen) atoms. The topological polar surface area (TPSA) is 46.6 Å². The number of benzene rings is 2. The minimum Gasteiger partial charge on any atom is -0.496 e. The summed E-state index contributed by atoms with van der Waals surface area (Å²) in [5.74, 6) is 0.525. The highest BCUT2D eigenvalue weighted by molar-refractivity contribution is 6.07. The Bertz CT molecular complexity index is 789. The van der Waals surface area contributed by atoms with Crippen molar-refractivity contribution in [2.24, 2.45) is 0 Å². The lowest BCUT2D eigenvalue weighted by atomic mass is 10.0. The fourth-order valence-electron chi connectivity index (χ4n) is 2.43. The Hall–Kier alpha value is -2.88. The van der Waals surface area contributed by atoms with Crippen LogP contribution in [-0.4, -0.2) is 37.8 Å². The van der Waals surface area contributed by atoms with Crippen molar-refractivity contribution in [3.8, 4) is 5.75 Å². The molecule has 2 aromatic carbocycles. The second-order valence-corrected chi connectivity index (χ2v) is 5.90. The van der Waals surface area contributed by atoms with E-state index in [2.05, 4.69) is 6.92 Å². The zero-order valence-corrected chi connectivity index (χ0v) is 15.1. The van der Waals surface area contributed by atoms with Gasteiger partial charge >= 0.3 is 0 Å². The van der Waals surface area contributed by atoms with E-state index in [1.165, 1.54) is 16.5 Å². The molecule has 0 atom stereocenters. The second-order valence-electron chi connectivity index (χ2n) is 5.90. The Balaban J connectivity index is 2.19. The predicted octanol–water partition coefficient (Wildman–Crippen LogP) is 3.86. The molecule has 0 unspecified atom stereocenters. The fourth-order valence-corrected chi connectivity index (χ4v) is 2.43. The van der Waals surface area contributed by atoms with Crippen LogP contribution in [0.1, 0.15) is 38.8 Å².